The molecule has 3 aromatic rings. The van der Waals surface area contributed by atoms with Gasteiger partial charge in [-0.2, -0.15) is 0 Å². The monoisotopic (exact) mass is 312 g/mol. The molecule has 0 bridgehead atoms. The molecule has 23 heavy (non-hydrogen) atoms. The van der Waals surface area contributed by atoms with Crippen molar-refractivity contribution in [3.05, 3.63) is 52.2 Å². The standard InChI is InChI=1S/C18H16O5/c1-10-15(20)14-13(9-12(19)17(21-2)18(14)22-3)23-16(10)11-7-5-4-6-8-11/h4-9,19H,1-3H3. The van der Waals surface area contributed by atoms with Crippen molar-refractivity contribution >= 4 is 11.0 Å². The Morgan fingerprint density at radius 2 is 1.70 bits per heavy atom. The molecule has 0 saturated heterocycles. The van der Waals surface area contributed by atoms with Crippen LogP contribution in [0.3, 0.4) is 0 Å². The number of methoxy groups -OCH3 is 2. The average Bonchev–Trinajstić information content (AvgIpc) is 2.57. The van der Waals surface area contributed by atoms with Gasteiger partial charge in [-0.05, 0) is 6.92 Å². The van der Waals surface area contributed by atoms with Crippen molar-refractivity contribution in [2.75, 3.05) is 14.2 Å². The maximum atomic E-state index is 12.8. The van der Waals surface area contributed by atoms with Gasteiger partial charge in [-0.3, -0.25) is 4.79 Å². The van der Waals surface area contributed by atoms with E-state index in [-0.39, 0.29) is 33.6 Å². The van der Waals surface area contributed by atoms with Crippen molar-refractivity contribution in [3.63, 3.8) is 0 Å². The van der Waals surface area contributed by atoms with E-state index in [2.05, 4.69) is 0 Å². The predicted molar refractivity (Wildman–Crippen MR) is 87.4 cm³/mol. The third-order valence-corrected chi connectivity index (χ3v) is 3.74. The number of ether oxygens (including phenoxy) is 2. The highest BCUT2D eigenvalue weighted by atomic mass is 16.5. The van der Waals surface area contributed by atoms with Crippen molar-refractivity contribution < 1.29 is 19.0 Å². The Hall–Kier alpha value is -2.95. The van der Waals surface area contributed by atoms with Crippen LogP contribution in [0, 0.1) is 6.92 Å². The van der Waals surface area contributed by atoms with Crippen molar-refractivity contribution in [3.8, 4) is 28.6 Å². The highest BCUT2D eigenvalue weighted by Crippen LogP contribution is 2.42. The first-order valence-corrected chi connectivity index (χ1v) is 7.05. The molecule has 5 nitrogen and oxygen atoms in total. The Balaban J connectivity index is 2.43. The van der Waals surface area contributed by atoms with Crippen LogP contribution in [0.15, 0.2) is 45.6 Å². The summed E-state index contributed by atoms with van der Waals surface area (Å²) in [6.45, 7) is 1.70. The molecular formula is C18H16O5. The zero-order valence-electron chi connectivity index (χ0n) is 13.0. The highest BCUT2D eigenvalue weighted by Gasteiger charge is 2.21. The van der Waals surface area contributed by atoms with E-state index in [0.717, 1.165) is 5.56 Å². The maximum Gasteiger partial charge on any atom is 0.204 e. The van der Waals surface area contributed by atoms with E-state index in [0.29, 0.717) is 11.3 Å². The van der Waals surface area contributed by atoms with Crippen LogP contribution < -0.4 is 14.9 Å². The Morgan fingerprint density at radius 3 is 2.30 bits per heavy atom. The second-order valence-electron chi connectivity index (χ2n) is 5.09. The summed E-state index contributed by atoms with van der Waals surface area (Å²) in [5.41, 5.74) is 1.28. The summed E-state index contributed by atoms with van der Waals surface area (Å²) in [5, 5.41) is 10.3. The number of benzene rings is 2. The molecule has 0 fully saturated rings. The molecule has 0 radical (unpaired) electrons. The van der Waals surface area contributed by atoms with Crippen molar-refractivity contribution in [2.45, 2.75) is 6.92 Å². The Bertz CT molecular complexity index is 926. The van der Waals surface area contributed by atoms with Gasteiger partial charge in [0.15, 0.2) is 16.9 Å². The fourth-order valence-corrected chi connectivity index (χ4v) is 2.63. The summed E-state index contributed by atoms with van der Waals surface area (Å²) >= 11 is 0. The van der Waals surface area contributed by atoms with Crippen LogP contribution in [-0.4, -0.2) is 19.3 Å². The van der Waals surface area contributed by atoms with Gasteiger partial charge in [0.1, 0.15) is 16.7 Å². The number of hydrogen-bond acceptors (Lipinski definition) is 5. The lowest BCUT2D eigenvalue weighted by Crippen LogP contribution is -2.09. The first-order chi connectivity index (χ1) is 11.1. The summed E-state index contributed by atoms with van der Waals surface area (Å²) in [7, 11) is 2.81. The van der Waals surface area contributed by atoms with Crippen LogP contribution >= 0.6 is 0 Å². The third-order valence-electron chi connectivity index (χ3n) is 3.74. The molecule has 1 aromatic heterocycles. The fraction of sp³-hybridized carbons (Fsp3) is 0.167. The molecule has 0 aliphatic heterocycles. The van der Waals surface area contributed by atoms with Crippen LogP contribution in [-0.2, 0) is 0 Å². The minimum atomic E-state index is -0.222. The van der Waals surface area contributed by atoms with Gasteiger partial charge in [-0.1, -0.05) is 30.3 Å². The summed E-state index contributed by atoms with van der Waals surface area (Å²) < 4.78 is 16.3. The van der Waals surface area contributed by atoms with Crippen LogP contribution in [0.1, 0.15) is 5.56 Å². The number of fused-ring (bicyclic) bond motifs is 1. The molecule has 0 saturated carbocycles. The average molecular weight is 312 g/mol. The highest BCUT2D eigenvalue weighted by molar-refractivity contribution is 5.90. The van der Waals surface area contributed by atoms with Gasteiger partial charge in [0.2, 0.25) is 5.75 Å². The largest absolute Gasteiger partial charge is 0.504 e. The summed E-state index contributed by atoms with van der Waals surface area (Å²) in [6, 6.07) is 10.7. The summed E-state index contributed by atoms with van der Waals surface area (Å²) in [6.07, 6.45) is 0. The lowest BCUT2D eigenvalue weighted by atomic mass is 10.0. The quantitative estimate of drug-likeness (QED) is 0.801. The summed E-state index contributed by atoms with van der Waals surface area (Å²) in [4.78, 5) is 12.8. The van der Waals surface area contributed by atoms with Gasteiger partial charge >= 0.3 is 0 Å². The van der Waals surface area contributed by atoms with E-state index in [1.165, 1.54) is 20.3 Å². The zero-order valence-corrected chi connectivity index (χ0v) is 13.0. The number of phenolic OH excluding ortho intramolecular Hbond substituents is 1. The molecule has 1 N–H and O–H groups in total. The normalized spacial score (nSPS) is 10.7. The SMILES string of the molecule is COc1c(O)cc2oc(-c3ccccc3)c(C)c(=O)c2c1OC. The number of phenols is 1. The molecule has 5 heteroatoms. The number of rotatable bonds is 3. The molecule has 0 atom stereocenters. The molecule has 1 heterocycles. The summed E-state index contributed by atoms with van der Waals surface area (Å²) in [5.74, 6) is 0.593. The molecular weight excluding hydrogens is 296 g/mol. The Morgan fingerprint density at radius 1 is 1.04 bits per heavy atom. The molecule has 3 rings (SSSR count). The second-order valence-corrected chi connectivity index (χ2v) is 5.09. The molecule has 0 spiro atoms. The van der Waals surface area contributed by atoms with Crippen LogP contribution in [0.25, 0.3) is 22.3 Å². The van der Waals surface area contributed by atoms with E-state index < -0.39 is 0 Å². The smallest absolute Gasteiger partial charge is 0.204 e. The lowest BCUT2D eigenvalue weighted by molar-refractivity contribution is 0.335. The van der Waals surface area contributed by atoms with Gasteiger partial charge < -0.3 is 19.0 Å². The van der Waals surface area contributed by atoms with E-state index in [1.807, 2.05) is 30.3 Å². The van der Waals surface area contributed by atoms with Crippen molar-refractivity contribution in [1.82, 2.24) is 0 Å². The molecule has 0 aliphatic rings. The number of hydrogen-bond donors (Lipinski definition) is 1. The molecule has 0 unspecified atom stereocenters. The van der Waals surface area contributed by atoms with Crippen molar-refractivity contribution in [1.29, 1.82) is 0 Å². The first kappa shape index (κ1) is 15.0. The predicted octanol–water partition coefficient (Wildman–Crippen LogP) is 3.49. The van der Waals surface area contributed by atoms with E-state index >= 15 is 0 Å². The van der Waals surface area contributed by atoms with Gasteiger partial charge in [-0.25, -0.2) is 0 Å². The second kappa shape index (κ2) is 5.68. The first-order valence-electron chi connectivity index (χ1n) is 7.05. The van der Waals surface area contributed by atoms with E-state index in [1.54, 1.807) is 6.92 Å². The zero-order chi connectivity index (χ0) is 16.6. The topological polar surface area (TPSA) is 68.9 Å². The van der Waals surface area contributed by atoms with Crippen LogP contribution in [0.2, 0.25) is 0 Å². The van der Waals surface area contributed by atoms with Gasteiger partial charge in [0, 0.05) is 17.2 Å². The van der Waals surface area contributed by atoms with Gasteiger partial charge in [0.25, 0.3) is 0 Å². The minimum absolute atomic E-state index is 0.110. The molecule has 118 valence electrons. The van der Waals surface area contributed by atoms with Crippen LogP contribution in [0.5, 0.6) is 17.2 Å². The van der Waals surface area contributed by atoms with E-state index in [4.69, 9.17) is 13.9 Å². The molecule has 0 aliphatic carbocycles. The maximum absolute atomic E-state index is 12.8. The Labute approximate surface area is 132 Å². The Kier molecular flexibility index (Phi) is 3.70. The van der Waals surface area contributed by atoms with Crippen LogP contribution in [0.4, 0.5) is 0 Å². The number of aromatic hydroxyl groups is 1. The third kappa shape index (κ3) is 2.30. The minimum Gasteiger partial charge on any atom is -0.504 e. The fourth-order valence-electron chi connectivity index (χ4n) is 2.63. The molecule has 0 amide bonds. The van der Waals surface area contributed by atoms with Gasteiger partial charge in [0.05, 0.1) is 14.2 Å². The van der Waals surface area contributed by atoms with E-state index in [9.17, 15) is 9.90 Å². The molecule has 2 aromatic carbocycles. The lowest BCUT2D eigenvalue weighted by Gasteiger charge is -2.13. The van der Waals surface area contributed by atoms with Crippen molar-refractivity contribution in [2.24, 2.45) is 0 Å². The van der Waals surface area contributed by atoms with Gasteiger partial charge in [-0.15, -0.1) is 0 Å².